The van der Waals surface area contributed by atoms with Crippen molar-refractivity contribution in [2.45, 2.75) is 19.4 Å². The standard InChI is InChI=1S/C10H19N3O3/c1-2-12-10(16)8-7-11-4-6-13(8)5-3-9(14)15/h8,11H,2-7H2,1H3,(H,12,16)(H,14,15). The van der Waals surface area contributed by atoms with Gasteiger partial charge < -0.3 is 15.7 Å². The third kappa shape index (κ3) is 3.79. The van der Waals surface area contributed by atoms with Crippen LogP contribution in [0.25, 0.3) is 0 Å². The zero-order chi connectivity index (χ0) is 12.0. The highest BCUT2D eigenvalue weighted by atomic mass is 16.4. The maximum atomic E-state index is 11.7. The molecule has 0 radical (unpaired) electrons. The van der Waals surface area contributed by atoms with E-state index in [1.807, 2.05) is 11.8 Å². The van der Waals surface area contributed by atoms with E-state index in [2.05, 4.69) is 10.6 Å². The second-order valence-corrected chi connectivity index (χ2v) is 3.79. The first kappa shape index (κ1) is 12.9. The van der Waals surface area contributed by atoms with Gasteiger partial charge in [0.05, 0.1) is 6.42 Å². The highest BCUT2D eigenvalue weighted by molar-refractivity contribution is 5.82. The molecule has 0 spiro atoms. The SMILES string of the molecule is CCNC(=O)C1CNCCN1CCC(=O)O. The summed E-state index contributed by atoms with van der Waals surface area (Å²) in [4.78, 5) is 24.1. The smallest absolute Gasteiger partial charge is 0.304 e. The number of aliphatic carboxylic acids is 1. The quantitative estimate of drug-likeness (QED) is 0.556. The number of nitrogens with zero attached hydrogens (tertiary/aromatic N) is 1. The van der Waals surface area contributed by atoms with Gasteiger partial charge in [0, 0.05) is 32.7 Å². The predicted octanol–water partition coefficient (Wildman–Crippen LogP) is -1.13. The Bertz CT molecular complexity index is 258. The Hall–Kier alpha value is -1.14. The monoisotopic (exact) mass is 229 g/mol. The van der Waals surface area contributed by atoms with Crippen molar-refractivity contribution >= 4 is 11.9 Å². The Kier molecular flexibility index (Phi) is 5.21. The van der Waals surface area contributed by atoms with E-state index in [4.69, 9.17) is 5.11 Å². The van der Waals surface area contributed by atoms with E-state index < -0.39 is 5.97 Å². The molecule has 0 saturated carbocycles. The van der Waals surface area contributed by atoms with Crippen molar-refractivity contribution in [3.05, 3.63) is 0 Å². The van der Waals surface area contributed by atoms with E-state index in [1.165, 1.54) is 0 Å². The van der Waals surface area contributed by atoms with E-state index in [9.17, 15) is 9.59 Å². The van der Waals surface area contributed by atoms with Crippen molar-refractivity contribution in [3.8, 4) is 0 Å². The molecule has 0 aromatic carbocycles. The fourth-order valence-corrected chi connectivity index (χ4v) is 1.80. The van der Waals surface area contributed by atoms with E-state index in [-0.39, 0.29) is 18.4 Å². The topological polar surface area (TPSA) is 81.7 Å². The minimum Gasteiger partial charge on any atom is -0.481 e. The van der Waals surface area contributed by atoms with Gasteiger partial charge in [-0.15, -0.1) is 0 Å². The Balaban J connectivity index is 2.49. The fourth-order valence-electron chi connectivity index (χ4n) is 1.80. The molecule has 6 heteroatoms. The summed E-state index contributed by atoms with van der Waals surface area (Å²) in [7, 11) is 0. The van der Waals surface area contributed by atoms with Crippen LogP contribution in [-0.4, -0.2) is 60.6 Å². The highest BCUT2D eigenvalue weighted by Crippen LogP contribution is 2.04. The lowest BCUT2D eigenvalue weighted by atomic mass is 10.1. The van der Waals surface area contributed by atoms with Crippen LogP contribution in [0.4, 0.5) is 0 Å². The fraction of sp³-hybridized carbons (Fsp3) is 0.800. The minimum atomic E-state index is -0.826. The largest absolute Gasteiger partial charge is 0.481 e. The zero-order valence-corrected chi connectivity index (χ0v) is 9.53. The van der Waals surface area contributed by atoms with Crippen LogP contribution in [0.1, 0.15) is 13.3 Å². The molecule has 1 atom stereocenters. The van der Waals surface area contributed by atoms with E-state index in [0.29, 0.717) is 19.6 Å². The Morgan fingerprint density at radius 1 is 1.56 bits per heavy atom. The van der Waals surface area contributed by atoms with Crippen molar-refractivity contribution in [3.63, 3.8) is 0 Å². The summed E-state index contributed by atoms with van der Waals surface area (Å²) >= 11 is 0. The summed E-state index contributed by atoms with van der Waals surface area (Å²) in [6.45, 7) is 5.01. The Labute approximate surface area is 95.0 Å². The average Bonchev–Trinajstić information content (AvgIpc) is 2.27. The number of carbonyl (C=O) groups excluding carboxylic acids is 1. The van der Waals surface area contributed by atoms with Crippen LogP contribution < -0.4 is 10.6 Å². The maximum Gasteiger partial charge on any atom is 0.304 e. The number of hydrogen-bond donors (Lipinski definition) is 3. The molecule has 0 bridgehead atoms. The molecule has 0 aliphatic carbocycles. The van der Waals surface area contributed by atoms with Crippen molar-refractivity contribution in [2.24, 2.45) is 0 Å². The van der Waals surface area contributed by atoms with E-state index in [1.54, 1.807) is 0 Å². The summed E-state index contributed by atoms with van der Waals surface area (Å²) in [6.07, 6.45) is 0.0793. The first-order valence-corrected chi connectivity index (χ1v) is 5.59. The molecule has 1 aliphatic rings. The Morgan fingerprint density at radius 3 is 2.94 bits per heavy atom. The first-order chi connectivity index (χ1) is 7.65. The number of amides is 1. The third-order valence-electron chi connectivity index (χ3n) is 2.62. The van der Waals surface area contributed by atoms with Crippen LogP contribution in [0.3, 0.4) is 0 Å². The minimum absolute atomic E-state index is 0.0277. The molecule has 16 heavy (non-hydrogen) atoms. The molecule has 1 fully saturated rings. The van der Waals surface area contributed by atoms with Gasteiger partial charge in [0.1, 0.15) is 6.04 Å². The zero-order valence-electron chi connectivity index (χ0n) is 9.53. The van der Waals surface area contributed by atoms with Crippen LogP contribution in [0.15, 0.2) is 0 Å². The van der Waals surface area contributed by atoms with Gasteiger partial charge in [0.2, 0.25) is 5.91 Å². The molecule has 3 N–H and O–H groups in total. The van der Waals surface area contributed by atoms with Crippen molar-refractivity contribution in [1.29, 1.82) is 0 Å². The van der Waals surface area contributed by atoms with Crippen molar-refractivity contribution in [1.82, 2.24) is 15.5 Å². The van der Waals surface area contributed by atoms with Crippen LogP contribution in [0, 0.1) is 0 Å². The number of carboxylic acids is 1. The average molecular weight is 229 g/mol. The lowest BCUT2D eigenvalue weighted by molar-refractivity contribution is -0.138. The van der Waals surface area contributed by atoms with Crippen LogP contribution in [-0.2, 0) is 9.59 Å². The van der Waals surface area contributed by atoms with E-state index in [0.717, 1.165) is 13.1 Å². The molecule has 0 aromatic rings. The summed E-state index contributed by atoms with van der Waals surface area (Å²) in [5.41, 5.74) is 0. The van der Waals surface area contributed by atoms with Crippen LogP contribution in [0.2, 0.25) is 0 Å². The molecule has 1 aliphatic heterocycles. The van der Waals surface area contributed by atoms with Gasteiger partial charge in [-0.2, -0.15) is 0 Å². The highest BCUT2D eigenvalue weighted by Gasteiger charge is 2.27. The van der Waals surface area contributed by atoms with Gasteiger partial charge in [-0.1, -0.05) is 0 Å². The lowest BCUT2D eigenvalue weighted by Crippen LogP contribution is -2.58. The first-order valence-electron chi connectivity index (χ1n) is 5.59. The number of carboxylic acid groups (broad SMARTS) is 1. The van der Waals surface area contributed by atoms with Crippen LogP contribution >= 0.6 is 0 Å². The maximum absolute atomic E-state index is 11.7. The molecule has 1 rings (SSSR count). The van der Waals surface area contributed by atoms with Gasteiger partial charge in [-0.05, 0) is 6.92 Å². The summed E-state index contributed by atoms with van der Waals surface area (Å²) in [5, 5.41) is 14.5. The van der Waals surface area contributed by atoms with Gasteiger partial charge >= 0.3 is 5.97 Å². The summed E-state index contributed by atoms with van der Waals surface area (Å²) in [5.74, 6) is -0.853. The molecule has 1 unspecified atom stereocenters. The van der Waals surface area contributed by atoms with Gasteiger partial charge in [0.25, 0.3) is 0 Å². The van der Waals surface area contributed by atoms with Crippen LogP contribution in [0.5, 0.6) is 0 Å². The second-order valence-electron chi connectivity index (χ2n) is 3.79. The molecule has 1 heterocycles. The predicted molar refractivity (Wildman–Crippen MR) is 59.2 cm³/mol. The van der Waals surface area contributed by atoms with E-state index >= 15 is 0 Å². The molecule has 0 aromatic heterocycles. The van der Waals surface area contributed by atoms with Crippen molar-refractivity contribution in [2.75, 3.05) is 32.7 Å². The van der Waals surface area contributed by atoms with Gasteiger partial charge in [0.15, 0.2) is 0 Å². The summed E-state index contributed by atoms with van der Waals surface area (Å²) < 4.78 is 0. The number of nitrogens with one attached hydrogen (secondary N) is 2. The number of piperazine rings is 1. The number of hydrogen-bond acceptors (Lipinski definition) is 4. The lowest BCUT2D eigenvalue weighted by Gasteiger charge is -2.34. The van der Waals surface area contributed by atoms with Gasteiger partial charge in [-0.25, -0.2) is 0 Å². The molecule has 92 valence electrons. The molecule has 1 saturated heterocycles. The number of rotatable bonds is 5. The van der Waals surface area contributed by atoms with Gasteiger partial charge in [-0.3, -0.25) is 14.5 Å². The number of likely N-dealkylation sites (N-methyl/N-ethyl adjacent to an activating group) is 1. The molecule has 6 nitrogen and oxygen atoms in total. The molecular weight excluding hydrogens is 210 g/mol. The normalized spacial score (nSPS) is 21.7. The molecule has 1 amide bonds. The van der Waals surface area contributed by atoms with Crippen molar-refractivity contribution < 1.29 is 14.7 Å². The third-order valence-corrected chi connectivity index (χ3v) is 2.62. The second kappa shape index (κ2) is 6.44. The summed E-state index contributed by atoms with van der Waals surface area (Å²) in [6, 6.07) is -0.243. The molecular formula is C10H19N3O3. The Morgan fingerprint density at radius 2 is 2.31 bits per heavy atom. The number of carbonyl (C=O) groups is 2.